The molecule has 0 aromatic carbocycles. The average Bonchev–Trinajstić information content (AvgIpc) is 2.74. The topological polar surface area (TPSA) is 114 Å². The van der Waals surface area contributed by atoms with Crippen molar-refractivity contribution in [3.05, 3.63) is 0 Å². The quantitative estimate of drug-likeness (QED) is 0.287. The molecule has 172 valence electrons. The van der Waals surface area contributed by atoms with Gasteiger partial charge in [0.2, 0.25) is 6.10 Å². The molecule has 1 aliphatic rings. The molecule has 0 spiro atoms. The fourth-order valence-electron chi connectivity index (χ4n) is 2.64. The van der Waals surface area contributed by atoms with Crippen LogP contribution in [0, 0.1) is 0 Å². The molecule has 9 nitrogen and oxygen atoms in total. The van der Waals surface area contributed by atoms with Crippen molar-refractivity contribution in [1.29, 1.82) is 0 Å². The van der Waals surface area contributed by atoms with Crippen molar-refractivity contribution in [2.45, 2.75) is 110 Å². The molecule has 0 bridgehead atoms. The fraction of sp³-hybridized carbons (Fsp3) is 0.810. The van der Waals surface area contributed by atoms with E-state index in [1.807, 2.05) is 0 Å². The van der Waals surface area contributed by atoms with Gasteiger partial charge in [-0.15, -0.1) is 0 Å². The Morgan fingerprint density at radius 3 is 1.57 bits per heavy atom. The van der Waals surface area contributed by atoms with E-state index < -0.39 is 58.0 Å². The summed E-state index contributed by atoms with van der Waals surface area (Å²) in [4.78, 5) is 52.0. The molecule has 1 fully saturated rings. The number of hydrogen-bond donors (Lipinski definition) is 0. The summed E-state index contributed by atoms with van der Waals surface area (Å²) in [5.41, 5.74) is -5.76. The zero-order valence-corrected chi connectivity index (χ0v) is 19.8. The van der Waals surface area contributed by atoms with Crippen LogP contribution in [0.15, 0.2) is 0 Å². The van der Waals surface area contributed by atoms with Crippen molar-refractivity contribution < 1.29 is 42.9 Å². The lowest BCUT2D eigenvalue weighted by Crippen LogP contribution is -2.62. The van der Waals surface area contributed by atoms with Gasteiger partial charge in [0.25, 0.3) is 11.4 Å². The largest absolute Gasteiger partial charge is 0.458 e. The summed E-state index contributed by atoms with van der Waals surface area (Å²) in [5, 5.41) is 0. The van der Waals surface area contributed by atoms with E-state index in [0.29, 0.717) is 0 Å². The minimum atomic E-state index is -2.72. The van der Waals surface area contributed by atoms with Gasteiger partial charge in [0, 0.05) is 0 Å². The predicted octanol–water partition coefficient (Wildman–Crippen LogP) is 2.47. The highest BCUT2D eigenvalue weighted by atomic mass is 16.8. The van der Waals surface area contributed by atoms with Crippen LogP contribution in [0.1, 0.15) is 76.2 Å². The number of esters is 3. The van der Waals surface area contributed by atoms with Gasteiger partial charge in [-0.25, -0.2) is 14.4 Å². The fourth-order valence-corrected chi connectivity index (χ4v) is 2.64. The molecule has 0 radical (unpaired) electrons. The van der Waals surface area contributed by atoms with Crippen LogP contribution in [-0.2, 0) is 42.9 Å². The Morgan fingerprint density at radius 1 is 0.733 bits per heavy atom. The van der Waals surface area contributed by atoms with E-state index in [2.05, 4.69) is 0 Å². The maximum atomic E-state index is 13.3. The lowest BCUT2D eigenvalue weighted by Gasteiger charge is -2.32. The Hall–Kier alpha value is -2.00. The summed E-state index contributed by atoms with van der Waals surface area (Å²) < 4.78 is 27.0. The third kappa shape index (κ3) is 6.50. The molecule has 1 heterocycles. The van der Waals surface area contributed by atoms with Crippen LogP contribution >= 0.6 is 0 Å². The molecule has 0 aliphatic carbocycles. The van der Waals surface area contributed by atoms with Gasteiger partial charge in [-0.1, -0.05) is 0 Å². The molecule has 30 heavy (non-hydrogen) atoms. The maximum Gasteiger partial charge on any atom is 0.379 e. The maximum absolute atomic E-state index is 13.3. The molecule has 2 atom stereocenters. The number of carbonyl (C=O) groups excluding carboxylic acids is 4. The molecular weight excluding hydrogens is 396 g/mol. The summed E-state index contributed by atoms with van der Waals surface area (Å²) in [5.74, 6) is -6.63. The monoisotopic (exact) mass is 430 g/mol. The van der Waals surface area contributed by atoms with Crippen LogP contribution in [0.25, 0.3) is 0 Å². The Balaban J connectivity index is 3.59. The van der Waals surface area contributed by atoms with Gasteiger partial charge < -0.3 is 23.7 Å². The third-order valence-electron chi connectivity index (χ3n) is 3.42. The van der Waals surface area contributed by atoms with Crippen molar-refractivity contribution >= 4 is 23.7 Å². The van der Waals surface area contributed by atoms with Gasteiger partial charge >= 0.3 is 17.9 Å². The highest BCUT2D eigenvalue weighted by molar-refractivity contribution is 6.42. The van der Waals surface area contributed by atoms with Crippen molar-refractivity contribution in [2.24, 2.45) is 0 Å². The summed E-state index contributed by atoms with van der Waals surface area (Å²) in [6, 6.07) is 0. The molecule has 1 aliphatic heterocycles. The summed E-state index contributed by atoms with van der Waals surface area (Å²) in [6.07, 6.45) is -1.87. The van der Waals surface area contributed by atoms with E-state index in [9.17, 15) is 19.2 Å². The molecule has 0 amide bonds. The molecule has 0 saturated carbocycles. The number of rotatable bonds is 4. The Bertz CT molecular complexity index is 716. The average molecular weight is 430 g/mol. The van der Waals surface area contributed by atoms with E-state index in [1.54, 1.807) is 62.3 Å². The summed E-state index contributed by atoms with van der Waals surface area (Å²) in [7, 11) is 0. The molecule has 0 unspecified atom stereocenters. The molecule has 1 saturated heterocycles. The summed E-state index contributed by atoms with van der Waals surface area (Å²) in [6.45, 7) is 17.0. The number of ether oxygens (including phenoxy) is 5. The van der Waals surface area contributed by atoms with Gasteiger partial charge in [0.15, 0.2) is 5.79 Å². The molecule has 0 aromatic rings. The van der Waals surface area contributed by atoms with Crippen molar-refractivity contribution in [2.75, 3.05) is 0 Å². The zero-order chi connectivity index (χ0) is 23.9. The molecular formula is C21H34O9. The minimum absolute atomic E-state index is 0.957. The minimum Gasteiger partial charge on any atom is -0.458 e. The lowest BCUT2D eigenvalue weighted by molar-refractivity contribution is -0.203. The van der Waals surface area contributed by atoms with Crippen LogP contribution in [-0.4, -0.2) is 58.0 Å². The van der Waals surface area contributed by atoms with Gasteiger partial charge in [-0.05, 0) is 76.2 Å². The van der Waals surface area contributed by atoms with Crippen molar-refractivity contribution in [1.82, 2.24) is 0 Å². The smallest absolute Gasteiger partial charge is 0.379 e. The van der Waals surface area contributed by atoms with E-state index >= 15 is 0 Å². The lowest BCUT2D eigenvalue weighted by atomic mass is 9.90. The third-order valence-corrected chi connectivity index (χ3v) is 3.42. The van der Waals surface area contributed by atoms with E-state index in [-0.39, 0.29) is 0 Å². The van der Waals surface area contributed by atoms with Crippen molar-refractivity contribution in [3.8, 4) is 0 Å². The van der Waals surface area contributed by atoms with Gasteiger partial charge in [-0.3, -0.25) is 4.79 Å². The summed E-state index contributed by atoms with van der Waals surface area (Å²) >= 11 is 0. The van der Waals surface area contributed by atoms with Gasteiger partial charge in [0.05, 0.1) is 0 Å². The Labute approximate surface area is 177 Å². The first kappa shape index (κ1) is 26.0. The van der Waals surface area contributed by atoms with Crippen LogP contribution < -0.4 is 0 Å². The standard InChI is InChI=1S/C21H34O9/c1-17(2,3)27-14(23)12(22)21(16(25)29-19(7,8)9)13(26-20(10,11)30-21)15(24)28-18(4,5)6/h13H,1-11H3/t13-,21+/m0/s1. The predicted molar refractivity (Wildman–Crippen MR) is 105 cm³/mol. The van der Waals surface area contributed by atoms with Crippen LogP contribution in [0.2, 0.25) is 0 Å². The second-order valence-corrected chi connectivity index (χ2v) is 10.6. The van der Waals surface area contributed by atoms with Gasteiger partial charge in [-0.2, -0.15) is 0 Å². The highest BCUT2D eigenvalue weighted by Crippen LogP contribution is 2.41. The first-order valence-corrected chi connectivity index (χ1v) is 9.72. The Morgan fingerprint density at radius 2 is 1.17 bits per heavy atom. The SMILES string of the molecule is CC(C)(C)OC(=O)C(=O)[C@@]1(C(=O)OC(C)(C)C)OC(C)(C)O[C@H]1C(=O)OC(C)(C)C. The molecule has 9 heteroatoms. The van der Waals surface area contributed by atoms with E-state index in [4.69, 9.17) is 23.7 Å². The first-order valence-electron chi connectivity index (χ1n) is 9.72. The van der Waals surface area contributed by atoms with Crippen LogP contribution in [0.5, 0.6) is 0 Å². The number of hydrogen-bond acceptors (Lipinski definition) is 9. The molecule has 0 N–H and O–H groups in total. The molecule has 0 aromatic heterocycles. The second-order valence-electron chi connectivity index (χ2n) is 10.6. The first-order chi connectivity index (χ1) is 13.1. The number of carbonyl (C=O) groups is 4. The van der Waals surface area contributed by atoms with Crippen molar-refractivity contribution in [3.63, 3.8) is 0 Å². The molecule has 1 rings (SSSR count). The number of ketones is 1. The van der Waals surface area contributed by atoms with E-state index in [1.165, 1.54) is 13.8 Å². The van der Waals surface area contributed by atoms with Crippen LogP contribution in [0.3, 0.4) is 0 Å². The Kier molecular flexibility index (Phi) is 6.88. The van der Waals surface area contributed by atoms with Gasteiger partial charge in [0.1, 0.15) is 16.8 Å². The van der Waals surface area contributed by atoms with E-state index in [0.717, 1.165) is 0 Å². The number of Topliss-reactive ketones (excluding diaryl/α,β-unsaturated/α-hetero) is 1. The van der Waals surface area contributed by atoms with Crippen LogP contribution in [0.4, 0.5) is 0 Å². The second kappa shape index (κ2) is 7.92. The normalized spacial score (nSPS) is 24.2. The zero-order valence-electron chi connectivity index (χ0n) is 19.8. The highest BCUT2D eigenvalue weighted by Gasteiger charge is 2.70.